The van der Waals surface area contributed by atoms with Gasteiger partial charge in [0.05, 0.1) is 17.6 Å². The molecule has 2 rings (SSSR count). The van der Waals surface area contributed by atoms with Gasteiger partial charge in [-0.2, -0.15) is 0 Å². The van der Waals surface area contributed by atoms with Crippen molar-refractivity contribution in [1.82, 2.24) is 9.55 Å². The number of carbonyl (C=O) groups excluding carboxylic acids is 1. The van der Waals surface area contributed by atoms with E-state index in [1.54, 1.807) is 6.92 Å². The lowest BCUT2D eigenvalue weighted by Crippen LogP contribution is -2.09. The number of carbonyl (C=O) groups is 1. The summed E-state index contributed by atoms with van der Waals surface area (Å²) in [6, 6.07) is 7.92. The first-order valence-electron chi connectivity index (χ1n) is 5.16. The molecule has 0 saturated heterocycles. The zero-order valence-corrected chi connectivity index (χ0v) is 9.03. The summed E-state index contributed by atoms with van der Waals surface area (Å²) < 4.78 is 2.00. The average molecular weight is 202 g/mol. The molecule has 0 N–H and O–H groups in total. The second kappa shape index (κ2) is 3.85. The highest BCUT2D eigenvalue weighted by molar-refractivity contribution is 5.80. The zero-order chi connectivity index (χ0) is 10.8. The average Bonchev–Trinajstić information content (AvgIpc) is 2.56. The van der Waals surface area contributed by atoms with E-state index in [9.17, 15) is 4.79 Å². The van der Waals surface area contributed by atoms with E-state index in [1.165, 1.54) is 0 Å². The third-order valence-corrected chi connectivity index (χ3v) is 2.43. The van der Waals surface area contributed by atoms with Crippen molar-refractivity contribution in [1.29, 1.82) is 0 Å². The molecule has 0 spiro atoms. The van der Waals surface area contributed by atoms with Crippen LogP contribution in [0.15, 0.2) is 24.3 Å². The quantitative estimate of drug-likeness (QED) is 0.764. The number of Topliss-reactive ketones (excluding diaryl/α,β-unsaturated/α-hetero) is 1. The van der Waals surface area contributed by atoms with E-state index in [1.807, 2.05) is 28.8 Å². The van der Waals surface area contributed by atoms with Gasteiger partial charge in [0.25, 0.3) is 0 Å². The number of hydrogen-bond donors (Lipinski definition) is 0. The molecule has 3 heteroatoms. The predicted molar refractivity (Wildman–Crippen MR) is 59.8 cm³/mol. The highest BCUT2D eigenvalue weighted by Gasteiger charge is 2.09. The van der Waals surface area contributed by atoms with Crippen LogP contribution in [0.4, 0.5) is 0 Å². The second-order valence-corrected chi connectivity index (χ2v) is 3.66. The molecule has 0 aliphatic rings. The van der Waals surface area contributed by atoms with Gasteiger partial charge >= 0.3 is 0 Å². The number of benzene rings is 1. The Balaban J connectivity index is 2.61. The fourth-order valence-electron chi connectivity index (χ4n) is 1.79. The Bertz CT molecular complexity index is 499. The van der Waals surface area contributed by atoms with Crippen molar-refractivity contribution in [2.45, 2.75) is 26.8 Å². The van der Waals surface area contributed by atoms with Gasteiger partial charge in [-0.05, 0) is 19.1 Å². The van der Waals surface area contributed by atoms with Crippen LogP contribution in [-0.2, 0) is 17.8 Å². The van der Waals surface area contributed by atoms with Crippen LogP contribution in [0.5, 0.6) is 0 Å². The van der Waals surface area contributed by atoms with Gasteiger partial charge in [0.15, 0.2) is 0 Å². The van der Waals surface area contributed by atoms with Crippen LogP contribution in [0.2, 0.25) is 0 Å². The molecule has 0 radical (unpaired) electrons. The first kappa shape index (κ1) is 9.90. The molecule has 0 amide bonds. The molecule has 1 heterocycles. The standard InChI is InChI=1S/C12H14N2O/c1-3-12-13-10-6-4-5-7-11(10)14(12)8-9(2)15/h4-7H,3,8H2,1-2H3. The van der Waals surface area contributed by atoms with E-state index in [0.717, 1.165) is 23.3 Å². The number of aromatic nitrogens is 2. The first-order valence-corrected chi connectivity index (χ1v) is 5.16. The largest absolute Gasteiger partial charge is 0.320 e. The van der Waals surface area contributed by atoms with E-state index in [-0.39, 0.29) is 5.78 Å². The number of nitrogens with zero attached hydrogens (tertiary/aromatic N) is 2. The number of rotatable bonds is 3. The lowest BCUT2D eigenvalue weighted by molar-refractivity contribution is -0.117. The Hall–Kier alpha value is -1.64. The highest BCUT2D eigenvalue weighted by atomic mass is 16.1. The highest BCUT2D eigenvalue weighted by Crippen LogP contribution is 2.16. The summed E-state index contributed by atoms with van der Waals surface area (Å²) in [4.78, 5) is 15.7. The molecule has 1 aromatic carbocycles. The lowest BCUT2D eigenvalue weighted by Gasteiger charge is -2.04. The Kier molecular flexibility index (Phi) is 2.54. The van der Waals surface area contributed by atoms with Crippen molar-refractivity contribution < 1.29 is 4.79 Å². The Labute approximate surface area is 88.7 Å². The molecule has 78 valence electrons. The number of imidazole rings is 1. The molecule has 2 aromatic rings. The Morgan fingerprint density at radius 2 is 2.13 bits per heavy atom. The minimum Gasteiger partial charge on any atom is -0.320 e. The monoisotopic (exact) mass is 202 g/mol. The normalized spacial score (nSPS) is 10.8. The summed E-state index contributed by atoms with van der Waals surface area (Å²) in [5.41, 5.74) is 2.01. The van der Waals surface area contributed by atoms with E-state index >= 15 is 0 Å². The van der Waals surface area contributed by atoms with Gasteiger partial charge in [0, 0.05) is 6.42 Å². The van der Waals surface area contributed by atoms with Crippen LogP contribution in [0.3, 0.4) is 0 Å². The molecule has 0 saturated carbocycles. The Morgan fingerprint density at radius 1 is 1.40 bits per heavy atom. The van der Waals surface area contributed by atoms with Gasteiger partial charge in [-0.1, -0.05) is 19.1 Å². The lowest BCUT2D eigenvalue weighted by atomic mass is 10.3. The van der Waals surface area contributed by atoms with E-state index in [0.29, 0.717) is 6.54 Å². The molecule has 0 aliphatic heterocycles. The third kappa shape index (κ3) is 1.77. The van der Waals surface area contributed by atoms with E-state index in [4.69, 9.17) is 0 Å². The SMILES string of the molecule is CCc1nc2ccccc2n1CC(C)=O. The van der Waals surface area contributed by atoms with Crippen molar-refractivity contribution in [2.75, 3.05) is 0 Å². The number of aryl methyl sites for hydroxylation is 1. The number of ketones is 1. The summed E-state index contributed by atoms with van der Waals surface area (Å²) in [6.45, 7) is 4.08. The van der Waals surface area contributed by atoms with Crippen LogP contribution >= 0.6 is 0 Å². The molecule has 3 nitrogen and oxygen atoms in total. The first-order chi connectivity index (χ1) is 7.22. The van der Waals surface area contributed by atoms with Gasteiger partial charge in [-0.15, -0.1) is 0 Å². The molecule has 0 atom stereocenters. The van der Waals surface area contributed by atoms with Gasteiger partial charge in [-0.25, -0.2) is 4.98 Å². The molecule has 0 unspecified atom stereocenters. The summed E-state index contributed by atoms with van der Waals surface area (Å²) in [6.07, 6.45) is 0.849. The third-order valence-electron chi connectivity index (χ3n) is 2.43. The maximum atomic E-state index is 11.2. The molecule has 0 fully saturated rings. The predicted octanol–water partition coefficient (Wildman–Crippen LogP) is 2.19. The fraction of sp³-hybridized carbons (Fsp3) is 0.333. The van der Waals surface area contributed by atoms with Crippen molar-refractivity contribution in [3.63, 3.8) is 0 Å². The molecule has 0 bridgehead atoms. The molecule has 1 aromatic heterocycles. The summed E-state index contributed by atoms with van der Waals surface area (Å²) in [7, 11) is 0. The molecular weight excluding hydrogens is 188 g/mol. The number of para-hydroxylation sites is 2. The number of fused-ring (bicyclic) bond motifs is 1. The minimum atomic E-state index is 0.160. The maximum Gasteiger partial charge on any atom is 0.149 e. The maximum absolute atomic E-state index is 11.2. The van der Waals surface area contributed by atoms with Crippen molar-refractivity contribution in [2.24, 2.45) is 0 Å². The smallest absolute Gasteiger partial charge is 0.149 e. The fourth-order valence-corrected chi connectivity index (χ4v) is 1.79. The van der Waals surface area contributed by atoms with Crippen LogP contribution in [-0.4, -0.2) is 15.3 Å². The van der Waals surface area contributed by atoms with Crippen molar-refractivity contribution >= 4 is 16.8 Å². The van der Waals surface area contributed by atoms with Gasteiger partial charge in [-0.3, -0.25) is 4.79 Å². The van der Waals surface area contributed by atoms with Gasteiger partial charge < -0.3 is 4.57 Å². The topological polar surface area (TPSA) is 34.9 Å². The van der Waals surface area contributed by atoms with E-state index < -0.39 is 0 Å². The van der Waals surface area contributed by atoms with Gasteiger partial charge in [0.1, 0.15) is 11.6 Å². The number of hydrogen-bond acceptors (Lipinski definition) is 2. The van der Waals surface area contributed by atoms with E-state index in [2.05, 4.69) is 11.9 Å². The molecule has 0 aliphatic carbocycles. The van der Waals surface area contributed by atoms with Crippen molar-refractivity contribution in [3.05, 3.63) is 30.1 Å². The zero-order valence-electron chi connectivity index (χ0n) is 9.03. The molecular formula is C12H14N2O. The van der Waals surface area contributed by atoms with Crippen LogP contribution < -0.4 is 0 Å². The summed E-state index contributed by atoms with van der Waals surface area (Å²) >= 11 is 0. The van der Waals surface area contributed by atoms with Crippen LogP contribution in [0.25, 0.3) is 11.0 Å². The minimum absolute atomic E-state index is 0.160. The summed E-state index contributed by atoms with van der Waals surface area (Å²) in [5.74, 6) is 1.14. The Morgan fingerprint density at radius 3 is 2.80 bits per heavy atom. The van der Waals surface area contributed by atoms with Crippen LogP contribution in [0.1, 0.15) is 19.7 Å². The van der Waals surface area contributed by atoms with Gasteiger partial charge in [0.2, 0.25) is 0 Å². The second-order valence-electron chi connectivity index (χ2n) is 3.66. The van der Waals surface area contributed by atoms with Crippen LogP contribution in [0, 0.1) is 0 Å². The molecule has 15 heavy (non-hydrogen) atoms. The summed E-state index contributed by atoms with van der Waals surface area (Å²) in [5, 5.41) is 0. The van der Waals surface area contributed by atoms with Crippen molar-refractivity contribution in [3.8, 4) is 0 Å².